The Morgan fingerprint density at radius 2 is 2.20 bits per heavy atom. The fraction of sp³-hybridized carbons (Fsp3) is 0.818. The normalized spacial score (nSPS) is 18.1. The first kappa shape index (κ1) is 10.9. The Bertz CT molecular complexity index is 328. The molecule has 0 saturated heterocycles. The highest BCUT2D eigenvalue weighted by Gasteiger charge is 2.40. The summed E-state index contributed by atoms with van der Waals surface area (Å²) in [6.07, 6.45) is 4.01. The van der Waals surface area contributed by atoms with Crippen molar-refractivity contribution in [1.82, 2.24) is 9.36 Å². The van der Waals surface area contributed by atoms with E-state index >= 15 is 0 Å². The van der Waals surface area contributed by atoms with Gasteiger partial charge in [0.15, 0.2) is 0 Å². The van der Waals surface area contributed by atoms with Gasteiger partial charge in [-0.3, -0.25) is 0 Å². The van der Waals surface area contributed by atoms with Crippen LogP contribution in [0.3, 0.4) is 0 Å². The van der Waals surface area contributed by atoms with Gasteiger partial charge in [0.25, 0.3) is 0 Å². The molecule has 1 aromatic rings. The van der Waals surface area contributed by atoms with Crippen molar-refractivity contribution >= 4 is 16.7 Å². The van der Waals surface area contributed by atoms with Gasteiger partial charge in [-0.1, -0.05) is 20.8 Å². The van der Waals surface area contributed by atoms with Gasteiger partial charge in [0.2, 0.25) is 5.13 Å². The fourth-order valence-corrected chi connectivity index (χ4v) is 2.34. The van der Waals surface area contributed by atoms with Gasteiger partial charge in [-0.05, 0) is 24.7 Å². The molecular weight excluding hydrogens is 206 g/mol. The van der Waals surface area contributed by atoms with E-state index in [1.54, 1.807) is 0 Å². The molecule has 0 aliphatic heterocycles. The highest BCUT2D eigenvalue weighted by molar-refractivity contribution is 7.09. The Morgan fingerprint density at radius 1 is 1.47 bits per heavy atom. The Morgan fingerprint density at radius 3 is 2.67 bits per heavy atom. The maximum Gasteiger partial charge on any atom is 0.202 e. The molecule has 0 amide bonds. The predicted molar refractivity (Wildman–Crippen MR) is 64.4 cm³/mol. The number of rotatable bonds is 5. The van der Waals surface area contributed by atoms with Crippen molar-refractivity contribution in [2.75, 3.05) is 11.9 Å². The van der Waals surface area contributed by atoms with Crippen LogP contribution in [0.5, 0.6) is 0 Å². The first-order valence-corrected chi connectivity index (χ1v) is 6.50. The van der Waals surface area contributed by atoms with Crippen LogP contribution >= 0.6 is 11.5 Å². The standard InChI is InChI=1S/C11H19N3S/c1-4-11(5-6-11)7-12-10-13-9(8(2)3)14-15-10/h8H,4-7H2,1-3H3,(H,12,13,14). The summed E-state index contributed by atoms with van der Waals surface area (Å²) in [6.45, 7) is 7.59. The minimum Gasteiger partial charge on any atom is -0.360 e. The van der Waals surface area contributed by atoms with Crippen LogP contribution in [-0.2, 0) is 0 Å². The first-order valence-electron chi connectivity index (χ1n) is 5.73. The molecule has 0 aromatic carbocycles. The van der Waals surface area contributed by atoms with Crippen LogP contribution in [0.4, 0.5) is 5.13 Å². The highest BCUT2D eigenvalue weighted by Crippen LogP contribution is 2.48. The summed E-state index contributed by atoms with van der Waals surface area (Å²) < 4.78 is 4.33. The third-order valence-electron chi connectivity index (χ3n) is 3.28. The smallest absolute Gasteiger partial charge is 0.202 e. The minimum atomic E-state index is 0.429. The SMILES string of the molecule is CCC1(CNc2nc(C(C)C)ns2)CC1. The van der Waals surface area contributed by atoms with Crippen LogP contribution in [0, 0.1) is 5.41 Å². The summed E-state index contributed by atoms with van der Waals surface area (Å²) in [4.78, 5) is 4.47. The Kier molecular flexibility index (Phi) is 2.96. The predicted octanol–water partition coefficient (Wildman–Crippen LogP) is 3.26. The lowest BCUT2D eigenvalue weighted by Gasteiger charge is -2.11. The molecule has 84 valence electrons. The number of aromatic nitrogens is 2. The van der Waals surface area contributed by atoms with Crippen molar-refractivity contribution < 1.29 is 0 Å². The third-order valence-corrected chi connectivity index (χ3v) is 3.97. The fourth-order valence-electron chi connectivity index (χ4n) is 1.64. The Balaban J connectivity index is 1.88. The molecule has 1 saturated carbocycles. The number of hydrogen-bond donors (Lipinski definition) is 1. The maximum absolute atomic E-state index is 4.47. The molecule has 1 aromatic heterocycles. The molecule has 3 nitrogen and oxygen atoms in total. The highest BCUT2D eigenvalue weighted by atomic mass is 32.1. The van der Waals surface area contributed by atoms with E-state index in [2.05, 4.69) is 35.4 Å². The molecule has 1 N–H and O–H groups in total. The first-order chi connectivity index (χ1) is 7.15. The number of anilines is 1. The monoisotopic (exact) mass is 225 g/mol. The minimum absolute atomic E-state index is 0.429. The van der Waals surface area contributed by atoms with Crippen molar-refractivity contribution in [3.05, 3.63) is 5.82 Å². The van der Waals surface area contributed by atoms with Crippen LogP contribution in [0.1, 0.15) is 51.8 Å². The van der Waals surface area contributed by atoms with Crippen molar-refractivity contribution in [3.8, 4) is 0 Å². The second-order valence-corrected chi connectivity index (χ2v) is 5.57. The quantitative estimate of drug-likeness (QED) is 0.835. The Hall–Kier alpha value is -0.640. The van der Waals surface area contributed by atoms with Gasteiger partial charge in [-0.25, -0.2) is 4.98 Å². The van der Waals surface area contributed by atoms with E-state index in [1.807, 2.05) is 0 Å². The van der Waals surface area contributed by atoms with Gasteiger partial charge in [-0.2, -0.15) is 4.37 Å². The third kappa shape index (κ3) is 2.48. The van der Waals surface area contributed by atoms with E-state index in [0.717, 1.165) is 17.5 Å². The van der Waals surface area contributed by atoms with Crippen molar-refractivity contribution in [2.45, 2.75) is 46.0 Å². The van der Waals surface area contributed by atoms with Gasteiger partial charge in [0.05, 0.1) is 0 Å². The van der Waals surface area contributed by atoms with Crippen LogP contribution in [-0.4, -0.2) is 15.9 Å². The van der Waals surface area contributed by atoms with Crippen LogP contribution in [0.25, 0.3) is 0 Å². The molecular formula is C11H19N3S. The second kappa shape index (κ2) is 4.08. The molecule has 1 aliphatic rings. The van der Waals surface area contributed by atoms with E-state index in [0.29, 0.717) is 11.3 Å². The molecule has 1 aliphatic carbocycles. The molecule has 0 spiro atoms. The van der Waals surface area contributed by atoms with Gasteiger partial charge in [0.1, 0.15) is 5.82 Å². The van der Waals surface area contributed by atoms with Crippen LogP contribution in [0.2, 0.25) is 0 Å². The molecule has 1 fully saturated rings. The largest absolute Gasteiger partial charge is 0.360 e. The second-order valence-electron chi connectivity index (χ2n) is 4.82. The summed E-state index contributed by atoms with van der Waals surface area (Å²) in [6, 6.07) is 0. The molecule has 0 radical (unpaired) electrons. The van der Waals surface area contributed by atoms with Crippen molar-refractivity contribution in [1.29, 1.82) is 0 Å². The number of hydrogen-bond acceptors (Lipinski definition) is 4. The summed E-state index contributed by atoms with van der Waals surface area (Å²) in [5.41, 5.74) is 0.573. The number of nitrogens with one attached hydrogen (secondary N) is 1. The van der Waals surface area contributed by atoms with Crippen LogP contribution < -0.4 is 5.32 Å². The topological polar surface area (TPSA) is 37.8 Å². The van der Waals surface area contributed by atoms with Crippen molar-refractivity contribution in [2.24, 2.45) is 5.41 Å². The van der Waals surface area contributed by atoms with E-state index in [-0.39, 0.29) is 0 Å². The molecule has 0 bridgehead atoms. The van der Waals surface area contributed by atoms with E-state index < -0.39 is 0 Å². The summed E-state index contributed by atoms with van der Waals surface area (Å²) in [5, 5.41) is 4.40. The van der Waals surface area contributed by atoms with Crippen LogP contribution in [0.15, 0.2) is 0 Å². The Labute approximate surface area is 95.5 Å². The van der Waals surface area contributed by atoms with E-state index in [1.165, 1.54) is 30.8 Å². The average molecular weight is 225 g/mol. The summed E-state index contributed by atoms with van der Waals surface area (Å²) >= 11 is 1.48. The molecule has 4 heteroatoms. The van der Waals surface area contributed by atoms with Gasteiger partial charge >= 0.3 is 0 Å². The molecule has 2 rings (SSSR count). The zero-order valence-corrected chi connectivity index (χ0v) is 10.5. The lowest BCUT2D eigenvalue weighted by atomic mass is 10.0. The maximum atomic E-state index is 4.47. The number of nitrogens with zero attached hydrogens (tertiary/aromatic N) is 2. The zero-order chi connectivity index (χ0) is 10.9. The summed E-state index contributed by atoms with van der Waals surface area (Å²) in [7, 11) is 0. The lowest BCUT2D eigenvalue weighted by molar-refractivity contribution is 0.521. The average Bonchev–Trinajstić information content (AvgIpc) is 2.85. The molecule has 1 heterocycles. The van der Waals surface area contributed by atoms with Crippen molar-refractivity contribution in [3.63, 3.8) is 0 Å². The summed E-state index contributed by atoms with van der Waals surface area (Å²) in [5.74, 6) is 1.39. The molecule has 0 atom stereocenters. The van der Waals surface area contributed by atoms with Gasteiger partial charge in [0, 0.05) is 24.0 Å². The zero-order valence-electron chi connectivity index (χ0n) is 9.71. The molecule has 0 unspecified atom stereocenters. The van der Waals surface area contributed by atoms with Gasteiger partial charge in [-0.15, -0.1) is 0 Å². The molecule has 15 heavy (non-hydrogen) atoms. The van der Waals surface area contributed by atoms with Gasteiger partial charge < -0.3 is 5.32 Å². The van der Waals surface area contributed by atoms with E-state index in [4.69, 9.17) is 0 Å². The van der Waals surface area contributed by atoms with E-state index in [9.17, 15) is 0 Å². The lowest BCUT2D eigenvalue weighted by Crippen LogP contribution is -2.14.